The third kappa shape index (κ3) is 2.12. The minimum absolute atomic E-state index is 0.375. The summed E-state index contributed by atoms with van der Waals surface area (Å²) in [7, 11) is 0. The van der Waals surface area contributed by atoms with Gasteiger partial charge in [-0.15, -0.1) is 0 Å². The van der Waals surface area contributed by atoms with Gasteiger partial charge >= 0.3 is 0 Å². The summed E-state index contributed by atoms with van der Waals surface area (Å²) in [5, 5.41) is 0. The summed E-state index contributed by atoms with van der Waals surface area (Å²) < 4.78 is 0. The average Bonchev–Trinajstić information content (AvgIpc) is 2.81. The summed E-state index contributed by atoms with van der Waals surface area (Å²) in [6.07, 6.45) is 12.9. The Balaban J connectivity index is 1.80. The summed E-state index contributed by atoms with van der Waals surface area (Å²) in [5.74, 6) is 1.88. The highest BCUT2D eigenvalue weighted by molar-refractivity contribution is 5.03. The molecule has 1 heterocycles. The van der Waals surface area contributed by atoms with Crippen LogP contribution in [0.15, 0.2) is 0 Å². The van der Waals surface area contributed by atoms with E-state index in [9.17, 15) is 0 Å². The van der Waals surface area contributed by atoms with E-state index in [4.69, 9.17) is 5.73 Å². The van der Waals surface area contributed by atoms with Gasteiger partial charge in [-0.1, -0.05) is 19.8 Å². The van der Waals surface area contributed by atoms with E-state index < -0.39 is 0 Å². The lowest BCUT2D eigenvalue weighted by molar-refractivity contribution is -0.0243. The number of fused-ring (bicyclic) bond motifs is 1. The molecule has 2 aliphatic carbocycles. The molecule has 2 N–H and O–H groups in total. The van der Waals surface area contributed by atoms with Crippen molar-refractivity contribution in [2.24, 2.45) is 17.6 Å². The van der Waals surface area contributed by atoms with Crippen molar-refractivity contribution in [3.63, 3.8) is 0 Å². The van der Waals surface area contributed by atoms with E-state index in [1.165, 1.54) is 64.3 Å². The van der Waals surface area contributed by atoms with E-state index in [0.717, 1.165) is 24.4 Å². The quantitative estimate of drug-likeness (QED) is 0.815. The van der Waals surface area contributed by atoms with Gasteiger partial charge in [-0.3, -0.25) is 4.90 Å². The molecule has 0 aromatic rings. The monoisotopic (exact) mass is 250 g/mol. The lowest BCUT2D eigenvalue weighted by Gasteiger charge is -2.52. The van der Waals surface area contributed by atoms with E-state index in [1.807, 2.05) is 0 Å². The van der Waals surface area contributed by atoms with Crippen LogP contribution in [-0.2, 0) is 0 Å². The maximum atomic E-state index is 6.24. The highest BCUT2D eigenvalue weighted by atomic mass is 15.3. The van der Waals surface area contributed by atoms with Crippen molar-refractivity contribution in [1.82, 2.24) is 4.90 Å². The lowest BCUT2D eigenvalue weighted by Crippen LogP contribution is -2.60. The molecule has 1 saturated heterocycles. The number of nitrogens with two attached hydrogens (primary N) is 1. The van der Waals surface area contributed by atoms with Crippen LogP contribution in [-0.4, -0.2) is 29.6 Å². The molecule has 0 aromatic carbocycles. The minimum Gasteiger partial charge on any atom is -0.329 e. The third-order valence-corrected chi connectivity index (χ3v) is 6.06. The fraction of sp³-hybridized carbons (Fsp3) is 1.00. The fourth-order valence-corrected chi connectivity index (χ4v) is 5.15. The molecule has 2 saturated carbocycles. The Labute approximate surface area is 112 Å². The predicted molar refractivity (Wildman–Crippen MR) is 76.5 cm³/mol. The Morgan fingerprint density at radius 1 is 1.11 bits per heavy atom. The summed E-state index contributed by atoms with van der Waals surface area (Å²) in [5.41, 5.74) is 6.62. The predicted octanol–water partition coefficient (Wildman–Crippen LogP) is 3.16. The molecule has 0 amide bonds. The average molecular weight is 250 g/mol. The summed E-state index contributed by atoms with van der Waals surface area (Å²) in [6.45, 7) is 4.63. The summed E-state index contributed by atoms with van der Waals surface area (Å²) >= 11 is 0. The number of piperidine rings is 1. The van der Waals surface area contributed by atoms with E-state index in [0.29, 0.717) is 5.54 Å². The Kier molecular flexibility index (Phi) is 3.68. The van der Waals surface area contributed by atoms with Gasteiger partial charge in [-0.05, 0) is 63.3 Å². The standard InChI is InChI=1S/C16H30N2/c1-13-8-9-16(11-13,12-17)18-10-4-6-14-5-2-3-7-15(14)18/h13-15H,2-12,17H2,1H3/t13?,14-,15-,16?/m1/s1. The molecule has 3 fully saturated rings. The van der Waals surface area contributed by atoms with Gasteiger partial charge in [0, 0.05) is 18.1 Å². The van der Waals surface area contributed by atoms with Crippen LogP contribution in [0.3, 0.4) is 0 Å². The highest BCUT2D eigenvalue weighted by Gasteiger charge is 2.47. The first kappa shape index (κ1) is 12.9. The smallest absolute Gasteiger partial charge is 0.0337 e. The zero-order valence-corrected chi connectivity index (χ0v) is 12.0. The van der Waals surface area contributed by atoms with Crippen LogP contribution in [0.25, 0.3) is 0 Å². The number of nitrogens with zero attached hydrogens (tertiary/aromatic N) is 1. The Morgan fingerprint density at radius 3 is 2.61 bits per heavy atom. The molecule has 3 rings (SSSR count). The first-order chi connectivity index (χ1) is 8.75. The zero-order chi connectivity index (χ0) is 12.6. The molecule has 2 nitrogen and oxygen atoms in total. The second kappa shape index (κ2) is 5.13. The second-order valence-corrected chi connectivity index (χ2v) is 7.22. The van der Waals surface area contributed by atoms with E-state index in [2.05, 4.69) is 11.8 Å². The maximum Gasteiger partial charge on any atom is 0.0337 e. The maximum absolute atomic E-state index is 6.24. The number of hydrogen-bond acceptors (Lipinski definition) is 2. The summed E-state index contributed by atoms with van der Waals surface area (Å²) in [4.78, 5) is 2.89. The van der Waals surface area contributed by atoms with E-state index in [1.54, 1.807) is 0 Å². The second-order valence-electron chi connectivity index (χ2n) is 7.22. The van der Waals surface area contributed by atoms with Crippen molar-refractivity contribution >= 4 is 0 Å². The van der Waals surface area contributed by atoms with Crippen LogP contribution in [0.1, 0.15) is 64.7 Å². The van der Waals surface area contributed by atoms with Gasteiger partial charge in [0.05, 0.1) is 0 Å². The van der Waals surface area contributed by atoms with Crippen LogP contribution >= 0.6 is 0 Å². The Hall–Kier alpha value is -0.0800. The van der Waals surface area contributed by atoms with Gasteiger partial charge < -0.3 is 5.73 Å². The first-order valence-corrected chi connectivity index (χ1v) is 8.22. The SMILES string of the molecule is CC1CCC(CN)(N2CCC[C@H]3CCCC[C@H]32)C1. The van der Waals surface area contributed by atoms with Crippen LogP contribution < -0.4 is 5.73 Å². The molecular weight excluding hydrogens is 220 g/mol. The summed E-state index contributed by atoms with van der Waals surface area (Å²) in [6, 6.07) is 0.876. The molecule has 1 aliphatic heterocycles. The lowest BCUT2D eigenvalue weighted by atomic mass is 9.75. The normalized spacial score (nSPS) is 46.0. The zero-order valence-electron chi connectivity index (χ0n) is 12.0. The van der Waals surface area contributed by atoms with Crippen molar-refractivity contribution in [2.75, 3.05) is 13.1 Å². The molecule has 2 unspecified atom stereocenters. The van der Waals surface area contributed by atoms with E-state index in [-0.39, 0.29) is 0 Å². The van der Waals surface area contributed by atoms with Gasteiger partial charge in [-0.25, -0.2) is 0 Å². The molecule has 0 bridgehead atoms. The number of likely N-dealkylation sites (tertiary alicyclic amines) is 1. The van der Waals surface area contributed by atoms with Crippen LogP contribution in [0.5, 0.6) is 0 Å². The van der Waals surface area contributed by atoms with Crippen LogP contribution in [0, 0.1) is 11.8 Å². The van der Waals surface area contributed by atoms with Crippen LogP contribution in [0.4, 0.5) is 0 Å². The van der Waals surface area contributed by atoms with Crippen LogP contribution in [0.2, 0.25) is 0 Å². The first-order valence-electron chi connectivity index (χ1n) is 8.22. The van der Waals surface area contributed by atoms with Gasteiger partial charge in [0.15, 0.2) is 0 Å². The van der Waals surface area contributed by atoms with Crippen molar-refractivity contribution in [2.45, 2.75) is 76.3 Å². The van der Waals surface area contributed by atoms with Crippen molar-refractivity contribution in [1.29, 1.82) is 0 Å². The number of rotatable bonds is 2. The molecular formula is C16H30N2. The third-order valence-electron chi connectivity index (χ3n) is 6.06. The minimum atomic E-state index is 0.375. The largest absolute Gasteiger partial charge is 0.329 e. The highest BCUT2D eigenvalue weighted by Crippen LogP contribution is 2.45. The topological polar surface area (TPSA) is 29.3 Å². The molecule has 18 heavy (non-hydrogen) atoms. The van der Waals surface area contributed by atoms with E-state index >= 15 is 0 Å². The van der Waals surface area contributed by atoms with Crippen molar-refractivity contribution in [3.8, 4) is 0 Å². The molecule has 0 spiro atoms. The van der Waals surface area contributed by atoms with Gasteiger partial charge in [0.25, 0.3) is 0 Å². The van der Waals surface area contributed by atoms with Gasteiger partial charge in [-0.2, -0.15) is 0 Å². The van der Waals surface area contributed by atoms with Gasteiger partial charge in [0.1, 0.15) is 0 Å². The Bertz CT molecular complexity index is 289. The molecule has 3 aliphatic rings. The number of hydrogen-bond donors (Lipinski definition) is 1. The molecule has 4 atom stereocenters. The fourth-order valence-electron chi connectivity index (χ4n) is 5.15. The molecule has 104 valence electrons. The molecule has 2 heteroatoms. The van der Waals surface area contributed by atoms with Gasteiger partial charge in [0.2, 0.25) is 0 Å². The molecule has 0 aromatic heterocycles. The Morgan fingerprint density at radius 2 is 1.89 bits per heavy atom. The van der Waals surface area contributed by atoms with Crippen molar-refractivity contribution in [3.05, 3.63) is 0 Å². The van der Waals surface area contributed by atoms with Crippen molar-refractivity contribution < 1.29 is 0 Å². The molecule has 0 radical (unpaired) electrons.